The van der Waals surface area contributed by atoms with Crippen molar-refractivity contribution in [1.82, 2.24) is 0 Å². The van der Waals surface area contributed by atoms with Crippen molar-refractivity contribution in [2.75, 3.05) is 11.5 Å². The van der Waals surface area contributed by atoms with Crippen LogP contribution >= 0.6 is 10.7 Å². The van der Waals surface area contributed by atoms with Crippen LogP contribution in [0.2, 0.25) is 0 Å². The Morgan fingerprint density at radius 2 is 1.60 bits per heavy atom. The molecule has 0 N–H and O–H groups in total. The first-order valence-corrected chi connectivity index (χ1v) is 8.98. The van der Waals surface area contributed by atoms with E-state index in [0.717, 1.165) is 0 Å². The van der Waals surface area contributed by atoms with Crippen molar-refractivity contribution in [3.8, 4) is 0 Å². The fourth-order valence-electron chi connectivity index (χ4n) is 1.25. The van der Waals surface area contributed by atoms with Crippen LogP contribution in [0, 0.1) is 5.82 Å². The normalized spacial score (nSPS) is 13.4. The number of hydrogen-bond donors (Lipinski definition) is 0. The zero-order valence-corrected chi connectivity index (χ0v) is 11.9. The van der Waals surface area contributed by atoms with Gasteiger partial charge in [-0.2, -0.15) is 13.2 Å². The third-order valence-corrected chi connectivity index (χ3v) is 5.35. The number of benzene rings is 1. The predicted molar refractivity (Wildman–Crippen MR) is 63.1 cm³/mol. The monoisotopic (exact) mass is 354 g/mol. The standard InChI is InChI=1S/C9H7ClF4O4S2/c10-20(17,18)4-3-19(15,16)8-2-1-6(5-7(8)11)9(12,13)14/h1-2,5H,3-4H2. The highest BCUT2D eigenvalue weighted by Gasteiger charge is 2.32. The zero-order valence-electron chi connectivity index (χ0n) is 9.49. The van der Waals surface area contributed by atoms with Gasteiger partial charge in [0.1, 0.15) is 10.7 Å². The molecule has 0 saturated carbocycles. The van der Waals surface area contributed by atoms with Crippen LogP contribution in [0.25, 0.3) is 0 Å². The molecule has 0 spiro atoms. The van der Waals surface area contributed by atoms with E-state index in [1.807, 2.05) is 0 Å². The molecule has 0 unspecified atom stereocenters. The highest BCUT2D eigenvalue weighted by molar-refractivity contribution is 8.14. The summed E-state index contributed by atoms with van der Waals surface area (Å²) in [5, 5.41) is 0. The maximum absolute atomic E-state index is 13.4. The molecule has 0 heterocycles. The first-order valence-electron chi connectivity index (χ1n) is 4.85. The second kappa shape index (κ2) is 5.49. The number of rotatable bonds is 4. The van der Waals surface area contributed by atoms with Gasteiger partial charge in [0.05, 0.1) is 17.1 Å². The van der Waals surface area contributed by atoms with Gasteiger partial charge in [0.15, 0.2) is 9.84 Å². The van der Waals surface area contributed by atoms with E-state index in [-0.39, 0.29) is 6.07 Å². The van der Waals surface area contributed by atoms with Crippen LogP contribution in [-0.4, -0.2) is 28.3 Å². The Labute approximate surface area is 116 Å². The van der Waals surface area contributed by atoms with E-state index in [2.05, 4.69) is 0 Å². The lowest BCUT2D eigenvalue weighted by molar-refractivity contribution is -0.137. The average molecular weight is 355 g/mol. The van der Waals surface area contributed by atoms with E-state index in [1.165, 1.54) is 0 Å². The van der Waals surface area contributed by atoms with Crippen LogP contribution < -0.4 is 0 Å². The summed E-state index contributed by atoms with van der Waals surface area (Å²) in [6, 6.07) is 0.863. The molecule has 0 aliphatic rings. The fourth-order valence-corrected chi connectivity index (χ4v) is 4.34. The Morgan fingerprint density at radius 1 is 1.05 bits per heavy atom. The van der Waals surface area contributed by atoms with Gasteiger partial charge >= 0.3 is 6.18 Å². The second-order valence-corrected chi connectivity index (χ2v) is 8.68. The molecule has 1 rings (SSSR count). The topological polar surface area (TPSA) is 68.3 Å². The molecule has 0 bridgehead atoms. The van der Waals surface area contributed by atoms with E-state index in [1.54, 1.807) is 0 Å². The lowest BCUT2D eigenvalue weighted by Gasteiger charge is -2.09. The molecule has 1 aromatic carbocycles. The van der Waals surface area contributed by atoms with Crippen LogP contribution in [-0.2, 0) is 25.1 Å². The summed E-state index contributed by atoms with van der Waals surface area (Å²) in [6.45, 7) is 0. The molecule has 20 heavy (non-hydrogen) atoms. The van der Waals surface area contributed by atoms with E-state index in [4.69, 9.17) is 10.7 Å². The third-order valence-electron chi connectivity index (χ3n) is 2.19. The number of halogens is 5. The van der Waals surface area contributed by atoms with Crippen LogP contribution in [0.5, 0.6) is 0 Å². The Kier molecular flexibility index (Phi) is 4.72. The summed E-state index contributed by atoms with van der Waals surface area (Å²) >= 11 is 0. The van der Waals surface area contributed by atoms with Gasteiger partial charge in [-0.15, -0.1) is 0 Å². The Morgan fingerprint density at radius 3 is 2.00 bits per heavy atom. The summed E-state index contributed by atoms with van der Waals surface area (Å²) in [4.78, 5) is -1.01. The van der Waals surface area contributed by atoms with E-state index in [9.17, 15) is 34.4 Å². The van der Waals surface area contributed by atoms with Crippen molar-refractivity contribution in [3.63, 3.8) is 0 Å². The fraction of sp³-hybridized carbons (Fsp3) is 0.333. The van der Waals surface area contributed by atoms with Crippen molar-refractivity contribution in [3.05, 3.63) is 29.6 Å². The highest BCUT2D eigenvalue weighted by atomic mass is 35.7. The smallest absolute Gasteiger partial charge is 0.224 e. The zero-order chi connectivity index (χ0) is 15.8. The SMILES string of the molecule is O=S(=O)(Cl)CCS(=O)(=O)c1ccc(C(F)(F)F)cc1F. The minimum Gasteiger partial charge on any atom is -0.224 e. The molecule has 4 nitrogen and oxygen atoms in total. The molecule has 114 valence electrons. The van der Waals surface area contributed by atoms with Crippen molar-refractivity contribution in [2.45, 2.75) is 11.1 Å². The number of sulfone groups is 1. The van der Waals surface area contributed by atoms with Gasteiger partial charge in [0.25, 0.3) is 0 Å². The maximum Gasteiger partial charge on any atom is 0.416 e. The Hall–Kier alpha value is -0.870. The van der Waals surface area contributed by atoms with Gasteiger partial charge in [-0.3, -0.25) is 0 Å². The van der Waals surface area contributed by atoms with Gasteiger partial charge in [0, 0.05) is 10.7 Å². The van der Waals surface area contributed by atoms with Crippen LogP contribution in [0.1, 0.15) is 5.56 Å². The predicted octanol–water partition coefficient (Wildman–Crippen LogP) is 2.19. The van der Waals surface area contributed by atoms with Gasteiger partial charge < -0.3 is 0 Å². The van der Waals surface area contributed by atoms with Gasteiger partial charge in [0.2, 0.25) is 9.05 Å². The molecule has 0 aliphatic carbocycles. The Bertz CT molecular complexity index is 710. The quantitative estimate of drug-likeness (QED) is 0.614. The van der Waals surface area contributed by atoms with Crippen molar-refractivity contribution in [1.29, 1.82) is 0 Å². The van der Waals surface area contributed by atoms with E-state index in [0.29, 0.717) is 12.1 Å². The third kappa shape index (κ3) is 4.60. The van der Waals surface area contributed by atoms with Crippen LogP contribution in [0.4, 0.5) is 17.6 Å². The van der Waals surface area contributed by atoms with Crippen LogP contribution in [0.15, 0.2) is 23.1 Å². The van der Waals surface area contributed by atoms with Crippen molar-refractivity contribution >= 4 is 29.6 Å². The van der Waals surface area contributed by atoms with Crippen LogP contribution in [0.3, 0.4) is 0 Å². The first kappa shape index (κ1) is 17.2. The average Bonchev–Trinajstić information content (AvgIpc) is 2.24. The molecular weight excluding hydrogens is 348 g/mol. The van der Waals surface area contributed by atoms with Gasteiger partial charge in [-0.25, -0.2) is 21.2 Å². The summed E-state index contributed by atoms with van der Waals surface area (Å²) in [5.41, 5.74) is -1.35. The lowest BCUT2D eigenvalue weighted by atomic mass is 10.2. The molecule has 0 aromatic heterocycles. The molecule has 1 aromatic rings. The number of alkyl halides is 3. The highest BCUT2D eigenvalue weighted by Crippen LogP contribution is 2.31. The molecule has 11 heteroatoms. The summed E-state index contributed by atoms with van der Waals surface area (Å²) < 4.78 is 94.8. The second-order valence-electron chi connectivity index (χ2n) is 3.70. The summed E-state index contributed by atoms with van der Waals surface area (Å²) in [6.07, 6.45) is -4.82. The van der Waals surface area contributed by atoms with Crippen molar-refractivity contribution < 1.29 is 34.4 Å². The molecule has 0 fully saturated rings. The largest absolute Gasteiger partial charge is 0.416 e. The van der Waals surface area contributed by atoms with Gasteiger partial charge in [-0.1, -0.05) is 0 Å². The molecule has 0 amide bonds. The van der Waals surface area contributed by atoms with Gasteiger partial charge in [-0.05, 0) is 18.2 Å². The Balaban J connectivity index is 3.15. The van der Waals surface area contributed by atoms with E-state index < -0.39 is 52.8 Å². The molecule has 0 atom stereocenters. The van der Waals surface area contributed by atoms with Crippen molar-refractivity contribution in [2.24, 2.45) is 0 Å². The molecule has 0 radical (unpaired) electrons. The first-order chi connectivity index (χ1) is 8.83. The van der Waals surface area contributed by atoms with E-state index >= 15 is 0 Å². The lowest BCUT2D eigenvalue weighted by Crippen LogP contribution is -2.16. The summed E-state index contributed by atoms with van der Waals surface area (Å²) in [7, 11) is -3.69. The minimum absolute atomic E-state index is 0.0298. The number of hydrogen-bond acceptors (Lipinski definition) is 4. The maximum atomic E-state index is 13.4. The molecule has 0 saturated heterocycles. The molecule has 0 aliphatic heterocycles. The molecular formula is C9H7ClF4O4S2. The minimum atomic E-state index is -4.82. The summed E-state index contributed by atoms with van der Waals surface area (Å²) in [5.74, 6) is -3.61.